The van der Waals surface area contributed by atoms with Crippen molar-refractivity contribution in [2.75, 3.05) is 0 Å². The number of fused-ring (bicyclic) bond motifs is 5. The molecule has 24 heavy (non-hydrogen) atoms. The van der Waals surface area contributed by atoms with Gasteiger partial charge in [0, 0.05) is 5.41 Å². The molecular weight excluding hydrogens is 302 g/mol. The average molecular weight is 331 g/mol. The van der Waals surface area contributed by atoms with Gasteiger partial charge in [0.1, 0.15) is 0 Å². The summed E-state index contributed by atoms with van der Waals surface area (Å²) in [6.07, 6.45) is 11.9. The number of rotatable bonds is 1. The van der Waals surface area contributed by atoms with E-state index in [1.54, 1.807) is 0 Å². The van der Waals surface area contributed by atoms with Gasteiger partial charge in [0.15, 0.2) is 0 Å². The van der Waals surface area contributed by atoms with Gasteiger partial charge in [-0.2, -0.15) is 0 Å². The highest BCUT2D eigenvalue weighted by atomic mass is 16.4. The van der Waals surface area contributed by atoms with Crippen LogP contribution in [0.25, 0.3) is 0 Å². The van der Waals surface area contributed by atoms with E-state index in [0.29, 0.717) is 17.8 Å². The maximum absolute atomic E-state index is 10.9. The summed E-state index contributed by atoms with van der Waals surface area (Å²) in [6.45, 7) is 4.65. The molecule has 0 bridgehead atoms. The summed E-state index contributed by atoms with van der Waals surface area (Å²) in [4.78, 5) is 10.9. The van der Waals surface area contributed by atoms with E-state index in [-0.39, 0.29) is 23.0 Å². The van der Waals surface area contributed by atoms with E-state index in [2.05, 4.69) is 37.4 Å². The molecule has 4 aliphatic rings. The number of allylic oxidation sites excluding steroid dienone is 2. The third-order valence-corrected chi connectivity index (χ3v) is 7.91. The molecule has 2 saturated carbocycles. The van der Waals surface area contributed by atoms with Crippen molar-refractivity contribution in [3.63, 3.8) is 0 Å². The van der Waals surface area contributed by atoms with Crippen LogP contribution in [-0.2, 0) is 0 Å². The van der Waals surface area contributed by atoms with Crippen LogP contribution in [0.4, 0.5) is 4.79 Å². The number of hydrogen-bond donors (Lipinski definition) is 3. The van der Waals surface area contributed by atoms with Crippen molar-refractivity contribution < 1.29 is 15.0 Å². The van der Waals surface area contributed by atoms with Crippen LogP contribution in [0.15, 0.2) is 23.8 Å². The Morgan fingerprint density at radius 2 is 2.04 bits per heavy atom. The first-order chi connectivity index (χ1) is 11.3. The number of carbonyl (C=O) groups is 1. The molecule has 4 rings (SSSR count). The molecule has 0 aromatic rings. The number of aliphatic hydroxyl groups excluding tert-OH is 1. The smallest absolute Gasteiger partial charge is 0.405 e. The minimum absolute atomic E-state index is 0.0640. The van der Waals surface area contributed by atoms with Gasteiger partial charge in [0.25, 0.3) is 0 Å². The fraction of sp³-hybridized carbons (Fsp3) is 0.750. The molecule has 132 valence electrons. The summed E-state index contributed by atoms with van der Waals surface area (Å²) in [5.74, 6) is 1.91. The van der Waals surface area contributed by atoms with Gasteiger partial charge in [-0.05, 0) is 61.7 Å². The van der Waals surface area contributed by atoms with Gasteiger partial charge in [-0.1, -0.05) is 37.6 Å². The molecule has 4 nitrogen and oxygen atoms in total. The Bertz CT molecular complexity index is 612. The Morgan fingerprint density at radius 1 is 1.25 bits per heavy atom. The second-order valence-corrected chi connectivity index (χ2v) is 8.88. The fourth-order valence-electron chi connectivity index (χ4n) is 6.48. The first-order valence-electron chi connectivity index (χ1n) is 9.41. The monoisotopic (exact) mass is 331 g/mol. The SMILES string of the molecule is C[C@]12C=CC(NC(=O)O)CC1=CCC1C2CC[C@@]2(C)C1CC[C@@H]2O. The molecule has 0 heterocycles. The number of aliphatic hydroxyl groups is 1. The van der Waals surface area contributed by atoms with Gasteiger partial charge < -0.3 is 15.5 Å². The lowest BCUT2D eigenvalue weighted by molar-refractivity contribution is -0.0542. The van der Waals surface area contributed by atoms with Crippen LogP contribution < -0.4 is 5.32 Å². The summed E-state index contributed by atoms with van der Waals surface area (Å²) >= 11 is 0. The third-order valence-electron chi connectivity index (χ3n) is 7.91. The summed E-state index contributed by atoms with van der Waals surface area (Å²) in [6, 6.07) is -0.0967. The lowest BCUT2D eigenvalue weighted by atomic mass is 9.49. The standard InChI is InChI=1S/C20H29NO3/c1-19-9-7-13(21-18(23)24)11-12(19)3-4-14-15-5-6-17(22)20(15,2)10-8-16(14)19/h3,7,9,13-17,21-22H,4-6,8,10-11H2,1-2H3,(H,23,24)/t13?,14?,15?,16?,17-,19-,20-/m0/s1. The van der Waals surface area contributed by atoms with Crippen LogP contribution in [0, 0.1) is 28.6 Å². The van der Waals surface area contributed by atoms with E-state index >= 15 is 0 Å². The normalized spacial score (nSPS) is 49.6. The minimum atomic E-state index is -0.948. The molecular formula is C20H29NO3. The first-order valence-corrected chi connectivity index (χ1v) is 9.41. The van der Waals surface area contributed by atoms with Crippen molar-refractivity contribution in [2.45, 2.75) is 64.5 Å². The number of amides is 1. The predicted octanol–water partition coefficient (Wildman–Crippen LogP) is 3.72. The molecule has 0 aliphatic heterocycles. The largest absolute Gasteiger partial charge is 0.465 e. The van der Waals surface area contributed by atoms with E-state index in [1.165, 1.54) is 12.0 Å². The molecule has 3 N–H and O–H groups in total. The summed E-state index contributed by atoms with van der Waals surface area (Å²) in [7, 11) is 0. The van der Waals surface area contributed by atoms with Gasteiger partial charge in [-0.25, -0.2) is 4.79 Å². The Morgan fingerprint density at radius 3 is 2.79 bits per heavy atom. The zero-order valence-electron chi connectivity index (χ0n) is 14.7. The molecule has 4 unspecified atom stereocenters. The average Bonchev–Trinajstić information content (AvgIpc) is 2.83. The molecule has 4 aliphatic carbocycles. The van der Waals surface area contributed by atoms with E-state index < -0.39 is 6.09 Å². The lowest BCUT2D eigenvalue weighted by Gasteiger charge is -2.56. The van der Waals surface area contributed by atoms with E-state index in [0.717, 1.165) is 32.1 Å². The van der Waals surface area contributed by atoms with Crippen molar-refractivity contribution in [2.24, 2.45) is 28.6 Å². The summed E-state index contributed by atoms with van der Waals surface area (Å²) in [5, 5.41) is 22.1. The highest BCUT2D eigenvalue weighted by Crippen LogP contribution is 2.63. The highest BCUT2D eigenvalue weighted by Gasteiger charge is 2.57. The van der Waals surface area contributed by atoms with Crippen molar-refractivity contribution >= 4 is 6.09 Å². The minimum Gasteiger partial charge on any atom is -0.465 e. The second kappa shape index (κ2) is 5.35. The van der Waals surface area contributed by atoms with Crippen LogP contribution in [0.3, 0.4) is 0 Å². The topological polar surface area (TPSA) is 69.6 Å². The summed E-state index contributed by atoms with van der Waals surface area (Å²) < 4.78 is 0. The van der Waals surface area contributed by atoms with Gasteiger partial charge in [-0.3, -0.25) is 0 Å². The Kier molecular flexibility index (Phi) is 3.61. The van der Waals surface area contributed by atoms with Crippen LogP contribution >= 0.6 is 0 Å². The predicted molar refractivity (Wildman–Crippen MR) is 92.6 cm³/mol. The number of nitrogens with one attached hydrogen (secondary N) is 1. The number of hydrogen-bond acceptors (Lipinski definition) is 2. The van der Waals surface area contributed by atoms with Gasteiger partial charge >= 0.3 is 6.09 Å². The van der Waals surface area contributed by atoms with Crippen LogP contribution in [0.5, 0.6) is 0 Å². The first kappa shape index (κ1) is 16.2. The van der Waals surface area contributed by atoms with Crippen molar-refractivity contribution in [1.29, 1.82) is 0 Å². The molecule has 0 aromatic heterocycles. The molecule has 0 saturated heterocycles. The zero-order chi connectivity index (χ0) is 17.1. The van der Waals surface area contributed by atoms with Gasteiger partial charge in [-0.15, -0.1) is 0 Å². The van der Waals surface area contributed by atoms with Gasteiger partial charge in [0.05, 0.1) is 12.1 Å². The van der Waals surface area contributed by atoms with E-state index in [1.807, 2.05) is 0 Å². The third kappa shape index (κ3) is 2.18. The van der Waals surface area contributed by atoms with Crippen LogP contribution in [-0.4, -0.2) is 28.5 Å². The fourth-order valence-corrected chi connectivity index (χ4v) is 6.48. The molecule has 2 fully saturated rings. The van der Waals surface area contributed by atoms with E-state index in [4.69, 9.17) is 5.11 Å². The maximum atomic E-state index is 10.9. The Labute approximate surface area is 144 Å². The maximum Gasteiger partial charge on any atom is 0.405 e. The van der Waals surface area contributed by atoms with Crippen molar-refractivity contribution in [1.82, 2.24) is 5.32 Å². The molecule has 7 atom stereocenters. The molecule has 0 spiro atoms. The number of carboxylic acid groups (broad SMARTS) is 1. The quantitative estimate of drug-likeness (QED) is 0.641. The van der Waals surface area contributed by atoms with Crippen molar-refractivity contribution in [3.8, 4) is 0 Å². The molecule has 0 aromatic carbocycles. The summed E-state index contributed by atoms with van der Waals surface area (Å²) in [5.41, 5.74) is 1.58. The van der Waals surface area contributed by atoms with E-state index in [9.17, 15) is 9.90 Å². The Hall–Kier alpha value is -1.29. The molecule has 4 heteroatoms. The van der Waals surface area contributed by atoms with Gasteiger partial charge in [0.2, 0.25) is 0 Å². The zero-order valence-corrected chi connectivity index (χ0v) is 14.7. The van der Waals surface area contributed by atoms with Crippen LogP contribution in [0.1, 0.15) is 52.4 Å². The second-order valence-electron chi connectivity index (χ2n) is 8.88. The highest BCUT2D eigenvalue weighted by molar-refractivity contribution is 5.65. The lowest BCUT2D eigenvalue weighted by Crippen LogP contribution is -2.50. The molecule has 0 radical (unpaired) electrons. The van der Waals surface area contributed by atoms with Crippen LogP contribution in [0.2, 0.25) is 0 Å². The van der Waals surface area contributed by atoms with Crippen molar-refractivity contribution in [3.05, 3.63) is 23.8 Å². The molecule has 1 amide bonds. The Balaban J connectivity index is 1.62.